The van der Waals surface area contributed by atoms with Crippen molar-refractivity contribution in [2.24, 2.45) is 5.92 Å². The Labute approximate surface area is 144 Å². The van der Waals surface area contributed by atoms with E-state index in [0.29, 0.717) is 19.4 Å². The van der Waals surface area contributed by atoms with Crippen LogP contribution in [-0.4, -0.2) is 25.8 Å². The average molecular weight is 346 g/mol. The van der Waals surface area contributed by atoms with E-state index in [1.165, 1.54) is 0 Å². The summed E-state index contributed by atoms with van der Waals surface area (Å²) in [4.78, 5) is 4.48. The molecule has 1 saturated carbocycles. The highest BCUT2D eigenvalue weighted by molar-refractivity contribution is 5.81. The van der Waals surface area contributed by atoms with Crippen molar-refractivity contribution in [3.05, 3.63) is 29.9 Å². The molecular weight excluding hydrogens is 326 g/mol. The lowest BCUT2D eigenvalue weighted by Gasteiger charge is -2.28. The first-order valence-electron chi connectivity index (χ1n) is 8.55. The third kappa shape index (κ3) is 3.03. The first kappa shape index (κ1) is 16.2. The van der Waals surface area contributed by atoms with Crippen molar-refractivity contribution in [1.29, 1.82) is 0 Å². The molecule has 0 amide bonds. The second-order valence-corrected chi connectivity index (χ2v) is 6.95. The molecule has 0 atom stereocenters. The number of hydrogen-bond acceptors (Lipinski definition) is 4. The third-order valence-electron chi connectivity index (χ3n) is 5.08. The summed E-state index contributed by atoms with van der Waals surface area (Å²) in [6, 6.07) is 2.03. The Hall–Kier alpha value is -2.31. The third-order valence-corrected chi connectivity index (χ3v) is 5.08. The normalized spacial score (nSPS) is 18.1. The molecule has 0 radical (unpaired) electrons. The van der Waals surface area contributed by atoms with Crippen LogP contribution in [0.25, 0.3) is 22.2 Å². The summed E-state index contributed by atoms with van der Waals surface area (Å²) in [5.41, 5.74) is 4.41. The lowest BCUT2D eigenvalue weighted by molar-refractivity contribution is -0.0475. The number of fused-ring (bicyclic) bond motifs is 1. The highest BCUT2D eigenvalue weighted by Crippen LogP contribution is 2.37. The first-order valence-corrected chi connectivity index (χ1v) is 8.55. The second kappa shape index (κ2) is 5.89. The van der Waals surface area contributed by atoms with Gasteiger partial charge in [0.25, 0.3) is 0 Å². The van der Waals surface area contributed by atoms with Gasteiger partial charge in [0.05, 0.1) is 17.4 Å². The van der Waals surface area contributed by atoms with Crippen molar-refractivity contribution in [2.45, 2.75) is 52.0 Å². The van der Waals surface area contributed by atoms with Gasteiger partial charge in [-0.3, -0.25) is 9.67 Å². The Balaban J connectivity index is 1.63. The zero-order chi connectivity index (χ0) is 17.6. The van der Waals surface area contributed by atoms with Crippen LogP contribution >= 0.6 is 0 Å². The minimum Gasteiger partial charge on any atom is -0.361 e. The predicted molar refractivity (Wildman–Crippen MR) is 89.4 cm³/mol. The molecule has 3 heterocycles. The zero-order valence-corrected chi connectivity index (χ0v) is 14.3. The molecule has 0 spiro atoms. The van der Waals surface area contributed by atoms with Crippen LogP contribution in [0, 0.1) is 19.8 Å². The van der Waals surface area contributed by atoms with Gasteiger partial charge in [0, 0.05) is 36.7 Å². The number of aromatic nitrogens is 4. The average Bonchev–Trinajstić information content (AvgIpc) is 3.12. The maximum atomic E-state index is 13.3. The van der Waals surface area contributed by atoms with E-state index in [4.69, 9.17) is 4.52 Å². The predicted octanol–water partition coefficient (Wildman–Crippen LogP) is 4.53. The van der Waals surface area contributed by atoms with Crippen molar-refractivity contribution in [1.82, 2.24) is 19.9 Å². The number of aryl methyl sites for hydroxylation is 2. The van der Waals surface area contributed by atoms with Gasteiger partial charge in [0.1, 0.15) is 11.3 Å². The molecule has 3 aromatic heterocycles. The minimum absolute atomic E-state index is 0.0283. The molecule has 1 aliphatic carbocycles. The Morgan fingerprint density at radius 2 is 2.00 bits per heavy atom. The highest BCUT2D eigenvalue weighted by atomic mass is 19.3. The molecule has 7 heteroatoms. The molecule has 132 valence electrons. The molecule has 25 heavy (non-hydrogen) atoms. The van der Waals surface area contributed by atoms with E-state index >= 15 is 0 Å². The fraction of sp³-hybridized carbons (Fsp3) is 0.500. The van der Waals surface area contributed by atoms with E-state index in [-0.39, 0.29) is 18.8 Å². The monoisotopic (exact) mass is 346 g/mol. The molecule has 0 unspecified atom stereocenters. The number of hydrogen-bond donors (Lipinski definition) is 0. The van der Waals surface area contributed by atoms with E-state index < -0.39 is 5.92 Å². The van der Waals surface area contributed by atoms with Crippen molar-refractivity contribution >= 4 is 11.0 Å². The number of alkyl halides is 2. The minimum atomic E-state index is -2.50. The smallest absolute Gasteiger partial charge is 0.248 e. The Morgan fingerprint density at radius 1 is 1.24 bits per heavy atom. The van der Waals surface area contributed by atoms with Crippen LogP contribution in [-0.2, 0) is 6.54 Å². The summed E-state index contributed by atoms with van der Waals surface area (Å²) in [6.07, 6.45) is 4.53. The topological polar surface area (TPSA) is 56.7 Å². The number of nitrogens with zero attached hydrogens (tertiary/aromatic N) is 4. The SMILES string of the molecule is Cc1noc(C)c1-c1cnc2cnn(CC3CCC(F)(F)CC3)c2c1. The quantitative estimate of drug-likeness (QED) is 0.699. The van der Waals surface area contributed by atoms with Gasteiger partial charge in [-0.2, -0.15) is 5.10 Å². The van der Waals surface area contributed by atoms with Gasteiger partial charge in [-0.1, -0.05) is 5.16 Å². The molecular formula is C18H20F2N4O. The van der Waals surface area contributed by atoms with Crippen molar-refractivity contribution in [3.63, 3.8) is 0 Å². The van der Waals surface area contributed by atoms with Crippen LogP contribution in [0.15, 0.2) is 23.0 Å². The van der Waals surface area contributed by atoms with Gasteiger partial charge >= 0.3 is 0 Å². The Morgan fingerprint density at radius 3 is 2.68 bits per heavy atom. The van der Waals surface area contributed by atoms with E-state index in [0.717, 1.165) is 33.6 Å². The molecule has 0 saturated heterocycles. The van der Waals surface area contributed by atoms with Crippen molar-refractivity contribution < 1.29 is 13.3 Å². The van der Waals surface area contributed by atoms with Crippen LogP contribution < -0.4 is 0 Å². The number of pyridine rings is 1. The summed E-state index contributed by atoms with van der Waals surface area (Å²) >= 11 is 0. The molecule has 5 nitrogen and oxygen atoms in total. The van der Waals surface area contributed by atoms with Gasteiger partial charge < -0.3 is 4.52 Å². The maximum Gasteiger partial charge on any atom is 0.248 e. The molecule has 0 bridgehead atoms. The summed E-state index contributed by atoms with van der Waals surface area (Å²) in [5.74, 6) is -1.52. The van der Waals surface area contributed by atoms with E-state index in [9.17, 15) is 8.78 Å². The van der Waals surface area contributed by atoms with Crippen LogP contribution in [0.1, 0.15) is 37.1 Å². The van der Waals surface area contributed by atoms with Gasteiger partial charge in [0.15, 0.2) is 0 Å². The lowest BCUT2D eigenvalue weighted by atomic mass is 9.87. The molecule has 4 rings (SSSR count). The lowest BCUT2D eigenvalue weighted by Crippen LogP contribution is -2.27. The molecule has 1 aliphatic rings. The largest absolute Gasteiger partial charge is 0.361 e. The van der Waals surface area contributed by atoms with Gasteiger partial charge in [0.2, 0.25) is 5.92 Å². The zero-order valence-electron chi connectivity index (χ0n) is 14.3. The first-order chi connectivity index (χ1) is 11.9. The fourth-order valence-electron chi connectivity index (χ4n) is 3.66. The van der Waals surface area contributed by atoms with E-state index in [2.05, 4.69) is 15.2 Å². The summed E-state index contributed by atoms with van der Waals surface area (Å²) in [6.45, 7) is 4.42. The Kier molecular flexibility index (Phi) is 3.81. The van der Waals surface area contributed by atoms with Gasteiger partial charge in [-0.15, -0.1) is 0 Å². The molecule has 0 aliphatic heterocycles. The van der Waals surface area contributed by atoms with Crippen LogP contribution in [0.3, 0.4) is 0 Å². The maximum absolute atomic E-state index is 13.3. The summed E-state index contributed by atoms with van der Waals surface area (Å²) in [7, 11) is 0. The van der Waals surface area contributed by atoms with Crippen molar-refractivity contribution in [2.75, 3.05) is 0 Å². The highest BCUT2D eigenvalue weighted by Gasteiger charge is 2.35. The molecule has 1 fully saturated rings. The fourth-order valence-corrected chi connectivity index (χ4v) is 3.66. The standard InChI is InChI=1S/C18H20F2N4O/c1-11-17(12(2)25-23-11)14-7-16-15(21-8-14)9-22-24(16)10-13-3-5-18(19,20)6-4-13/h7-9,13H,3-6,10H2,1-2H3. The molecule has 0 N–H and O–H groups in total. The number of halogens is 2. The molecule has 3 aromatic rings. The van der Waals surface area contributed by atoms with E-state index in [1.54, 1.807) is 12.4 Å². The van der Waals surface area contributed by atoms with E-state index in [1.807, 2.05) is 24.6 Å². The van der Waals surface area contributed by atoms with Gasteiger partial charge in [-0.25, -0.2) is 8.78 Å². The van der Waals surface area contributed by atoms with Crippen LogP contribution in [0.2, 0.25) is 0 Å². The summed E-state index contributed by atoms with van der Waals surface area (Å²) in [5, 5.41) is 8.41. The summed E-state index contributed by atoms with van der Waals surface area (Å²) < 4.78 is 33.8. The Bertz CT molecular complexity index is 886. The van der Waals surface area contributed by atoms with Gasteiger partial charge in [-0.05, 0) is 38.7 Å². The van der Waals surface area contributed by atoms with Crippen LogP contribution in [0.4, 0.5) is 8.78 Å². The van der Waals surface area contributed by atoms with Crippen LogP contribution in [0.5, 0.6) is 0 Å². The number of rotatable bonds is 3. The second-order valence-electron chi connectivity index (χ2n) is 6.95. The molecule has 0 aromatic carbocycles. The van der Waals surface area contributed by atoms with Crippen molar-refractivity contribution in [3.8, 4) is 11.1 Å².